The van der Waals surface area contributed by atoms with E-state index in [1.165, 1.54) is 0 Å². The summed E-state index contributed by atoms with van der Waals surface area (Å²) in [4.78, 5) is 17.5. The van der Waals surface area contributed by atoms with Crippen LogP contribution in [0.2, 0.25) is 0 Å². The second kappa shape index (κ2) is 5.94. The number of carbonyl (C=O) groups excluding carboxylic acids is 1. The first-order valence-corrected chi connectivity index (χ1v) is 9.24. The molecule has 27 heavy (non-hydrogen) atoms. The molecular weight excluding hydrogens is 340 g/mol. The minimum atomic E-state index is -0.372. The van der Waals surface area contributed by atoms with Crippen molar-refractivity contribution in [1.82, 2.24) is 14.8 Å². The third-order valence-electron chi connectivity index (χ3n) is 5.28. The number of hydrogen-bond acceptors (Lipinski definition) is 5. The van der Waals surface area contributed by atoms with E-state index in [1.807, 2.05) is 50.2 Å². The van der Waals surface area contributed by atoms with Crippen LogP contribution in [0.5, 0.6) is 0 Å². The van der Waals surface area contributed by atoms with Gasteiger partial charge >= 0.3 is 0 Å². The van der Waals surface area contributed by atoms with Gasteiger partial charge in [0.15, 0.2) is 11.6 Å². The lowest BCUT2D eigenvalue weighted by Crippen LogP contribution is -2.31. The largest absolute Gasteiger partial charge is 0.464 e. The zero-order valence-electron chi connectivity index (χ0n) is 15.3. The van der Waals surface area contributed by atoms with Gasteiger partial charge in [-0.15, -0.1) is 5.10 Å². The van der Waals surface area contributed by atoms with Gasteiger partial charge in [-0.1, -0.05) is 24.3 Å². The van der Waals surface area contributed by atoms with Crippen molar-refractivity contribution in [3.63, 3.8) is 0 Å². The van der Waals surface area contributed by atoms with Gasteiger partial charge in [-0.2, -0.15) is 4.98 Å². The van der Waals surface area contributed by atoms with E-state index in [9.17, 15) is 4.79 Å². The van der Waals surface area contributed by atoms with Crippen molar-refractivity contribution in [1.29, 1.82) is 0 Å². The van der Waals surface area contributed by atoms with Crippen molar-refractivity contribution < 1.29 is 9.21 Å². The first-order valence-electron chi connectivity index (χ1n) is 9.24. The van der Waals surface area contributed by atoms with E-state index in [0.29, 0.717) is 18.2 Å². The molecule has 1 unspecified atom stereocenters. The quantitative estimate of drug-likeness (QED) is 0.742. The third-order valence-corrected chi connectivity index (χ3v) is 5.28. The molecule has 0 amide bonds. The number of nitrogens with zero attached hydrogens (tertiary/aromatic N) is 3. The van der Waals surface area contributed by atoms with Gasteiger partial charge < -0.3 is 9.73 Å². The van der Waals surface area contributed by atoms with Crippen LogP contribution in [0.4, 0.5) is 5.95 Å². The van der Waals surface area contributed by atoms with Crippen molar-refractivity contribution >= 4 is 11.7 Å². The van der Waals surface area contributed by atoms with Crippen LogP contribution in [0.3, 0.4) is 0 Å². The summed E-state index contributed by atoms with van der Waals surface area (Å²) in [5.74, 6) is 2.99. The number of carbonyl (C=O) groups is 1. The number of rotatable bonds is 2. The van der Waals surface area contributed by atoms with Crippen LogP contribution in [-0.4, -0.2) is 20.5 Å². The molecule has 1 N–H and O–H groups in total. The van der Waals surface area contributed by atoms with Gasteiger partial charge in [-0.05, 0) is 44.4 Å². The first-order chi connectivity index (χ1) is 13.1. The molecule has 5 rings (SSSR count). The molecule has 1 atom stereocenters. The normalized spacial score (nSPS) is 18.9. The Morgan fingerprint density at radius 3 is 2.78 bits per heavy atom. The molecule has 0 saturated heterocycles. The Balaban J connectivity index is 1.69. The number of benzene rings is 1. The number of ketones is 1. The zero-order valence-corrected chi connectivity index (χ0v) is 15.3. The lowest BCUT2D eigenvalue weighted by molar-refractivity contribution is -0.116. The number of Topliss-reactive ketones (excluding diaryl/α,β-unsaturated/α-hetero) is 1. The second-order valence-corrected chi connectivity index (χ2v) is 7.16. The maximum atomic E-state index is 12.8. The molecule has 0 radical (unpaired) electrons. The van der Waals surface area contributed by atoms with E-state index < -0.39 is 0 Å². The Morgan fingerprint density at radius 2 is 2.00 bits per heavy atom. The lowest BCUT2D eigenvalue weighted by Gasteiger charge is -2.30. The fourth-order valence-corrected chi connectivity index (χ4v) is 3.96. The Bertz CT molecular complexity index is 1090. The number of allylic oxidation sites excluding steroid dienone is 2. The number of fused-ring (bicyclic) bond motifs is 1. The van der Waals surface area contributed by atoms with E-state index in [2.05, 4.69) is 5.32 Å². The van der Waals surface area contributed by atoms with Crippen LogP contribution in [-0.2, 0) is 4.79 Å². The van der Waals surface area contributed by atoms with E-state index in [4.69, 9.17) is 14.5 Å². The number of nitrogens with one attached hydrogen (secondary N) is 1. The van der Waals surface area contributed by atoms with Crippen LogP contribution in [0.1, 0.15) is 42.4 Å². The van der Waals surface area contributed by atoms with E-state index in [1.54, 1.807) is 4.68 Å². The molecule has 3 aromatic rings. The Morgan fingerprint density at radius 1 is 1.15 bits per heavy atom. The molecule has 0 fully saturated rings. The van der Waals surface area contributed by atoms with Gasteiger partial charge in [0.05, 0.1) is 0 Å². The van der Waals surface area contributed by atoms with Crippen LogP contribution in [0, 0.1) is 13.8 Å². The maximum absolute atomic E-state index is 12.8. The van der Waals surface area contributed by atoms with Gasteiger partial charge in [-0.3, -0.25) is 4.79 Å². The van der Waals surface area contributed by atoms with Crippen LogP contribution >= 0.6 is 0 Å². The van der Waals surface area contributed by atoms with Gasteiger partial charge in [0.2, 0.25) is 5.95 Å². The van der Waals surface area contributed by atoms with E-state index in [0.717, 1.165) is 46.8 Å². The first kappa shape index (κ1) is 16.1. The maximum Gasteiger partial charge on any atom is 0.227 e. The second-order valence-electron chi connectivity index (χ2n) is 7.16. The molecule has 0 spiro atoms. The summed E-state index contributed by atoms with van der Waals surface area (Å²) in [7, 11) is 0. The minimum absolute atomic E-state index is 0.154. The number of aromatic nitrogens is 3. The smallest absolute Gasteiger partial charge is 0.227 e. The molecule has 1 aliphatic carbocycles. The van der Waals surface area contributed by atoms with E-state index >= 15 is 0 Å². The summed E-state index contributed by atoms with van der Waals surface area (Å²) < 4.78 is 7.71. The Labute approximate surface area is 156 Å². The molecular formula is C21H20N4O2. The van der Waals surface area contributed by atoms with Crippen molar-refractivity contribution in [3.05, 3.63) is 64.8 Å². The monoisotopic (exact) mass is 360 g/mol. The topological polar surface area (TPSA) is 73.0 Å². The van der Waals surface area contributed by atoms with Gasteiger partial charge in [0, 0.05) is 23.3 Å². The molecule has 2 aliphatic rings. The molecule has 0 bridgehead atoms. The number of furan rings is 1. The summed E-state index contributed by atoms with van der Waals surface area (Å²) in [6, 6.07) is 11.5. The molecule has 1 aromatic carbocycles. The zero-order chi connectivity index (χ0) is 18.5. The van der Waals surface area contributed by atoms with Crippen molar-refractivity contribution in [2.24, 2.45) is 0 Å². The number of hydrogen-bond donors (Lipinski definition) is 1. The van der Waals surface area contributed by atoms with E-state index in [-0.39, 0.29) is 11.8 Å². The SMILES string of the molecule is Cc1ccc(C2C3=C(CCCC3=O)Nc3nc(-c4ccccc4C)nn32)o1. The molecule has 136 valence electrons. The summed E-state index contributed by atoms with van der Waals surface area (Å²) in [6.45, 7) is 3.95. The average Bonchev–Trinajstić information content (AvgIpc) is 3.26. The fraction of sp³-hybridized carbons (Fsp3) is 0.286. The van der Waals surface area contributed by atoms with Gasteiger partial charge in [-0.25, -0.2) is 4.68 Å². The molecule has 6 nitrogen and oxygen atoms in total. The molecule has 1 aliphatic heterocycles. The summed E-state index contributed by atoms with van der Waals surface area (Å²) in [6.07, 6.45) is 2.25. The standard InChI is InChI=1S/C21H20N4O2/c1-12-6-3-4-7-14(12)20-23-21-22-15-8-5-9-16(26)18(15)19(25(21)24-20)17-11-10-13(2)27-17/h3-4,6-7,10-11,19H,5,8-9H2,1-2H3,(H,22,23,24). The van der Waals surface area contributed by atoms with Crippen LogP contribution in [0.15, 0.2) is 52.1 Å². The Hall–Kier alpha value is -3.15. The summed E-state index contributed by atoms with van der Waals surface area (Å²) in [5.41, 5.74) is 3.80. The summed E-state index contributed by atoms with van der Waals surface area (Å²) in [5, 5.41) is 8.12. The van der Waals surface area contributed by atoms with Crippen molar-refractivity contribution in [2.45, 2.75) is 39.2 Å². The molecule has 0 saturated carbocycles. The molecule has 6 heteroatoms. The molecule has 2 aromatic heterocycles. The van der Waals surface area contributed by atoms with Gasteiger partial charge in [0.1, 0.15) is 17.6 Å². The fourth-order valence-electron chi connectivity index (χ4n) is 3.96. The highest BCUT2D eigenvalue weighted by Crippen LogP contribution is 2.41. The summed E-state index contributed by atoms with van der Waals surface area (Å²) >= 11 is 0. The average molecular weight is 360 g/mol. The number of aryl methyl sites for hydroxylation is 2. The highest BCUT2D eigenvalue weighted by Gasteiger charge is 2.38. The van der Waals surface area contributed by atoms with Gasteiger partial charge in [0.25, 0.3) is 0 Å². The predicted octanol–water partition coefficient (Wildman–Crippen LogP) is 4.18. The van der Waals surface area contributed by atoms with Crippen LogP contribution in [0.25, 0.3) is 11.4 Å². The van der Waals surface area contributed by atoms with Crippen LogP contribution < -0.4 is 5.32 Å². The number of anilines is 1. The van der Waals surface area contributed by atoms with Crippen molar-refractivity contribution in [2.75, 3.05) is 5.32 Å². The van der Waals surface area contributed by atoms with Crippen molar-refractivity contribution in [3.8, 4) is 11.4 Å². The molecule has 3 heterocycles. The third kappa shape index (κ3) is 2.51. The highest BCUT2D eigenvalue weighted by atomic mass is 16.3. The lowest BCUT2D eigenvalue weighted by atomic mass is 9.88. The minimum Gasteiger partial charge on any atom is -0.464 e. The predicted molar refractivity (Wildman–Crippen MR) is 101 cm³/mol. The Kier molecular flexibility index (Phi) is 3.53. The highest BCUT2D eigenvalue weighted by molar-refractivity contribution is 5.99.